The number of nitrogens with zero attached hydrogens (tertiary/aromatic N) is 1. The Kier molecular flexibility index (Phi) is 7.03. The molecule has 94 valence electrons. The lowest BCUT2D eigenvalue weighted by Gasteiger charge is -2.04. The number of aromatic nitrogens is 1. The van der Waals surface area contributed by atoms with Crippen LogP contribution in [0, 0.1) is 0 Å². The fraction of sp³-hybridized carbons (Fsp3) is 0.571. The predicted octanol–water partition coefficient (Wildman–Crippen LogP) is 3.63. The van der Waals surface area contributed by atoms with Crippen molar-refractivity contribution in [1.29, 1.82) is 0 Å². The number of rotatable bonds is 9. The molecule has 0 unspecified atom stereocenters. The molecule has 0 N–H and O–H groups in total. The Bertz CT molecular complexity index is 309. The SMILES string of the molecule is CCCCCCCCOc1ccc(C=O)cn1. The first-order valence-electron chi connectivity index (χ1n) is 6.41. The molecule has 0 aromatic carbocycles. The second kappa shape index (κ2) is 8.74. The quantitative estimate of drug-likeness (QED) is 0.484. The summed E-state index contributed by atoms with van der Waals surface area (Å²) in [7, 11) is 0. The number of pyridine rings is 1. The molecular formula is C14H21NO2. The van der Waals surface area contributed by atoms with Crippen molar-refractivity contribution >= 4 is 6.29 Å². The Morgan fingerprint density at radius 3 is 2.59 bits per heavy atom. The van der Waals surface area contributed by atoms with Gasteiger partial charge in [-0.15, -0.1) is 0 Å². The summed E-state index contributed by atoms with van der Waals surface area (Å²) in [5, 5.41) is 0. The summed E-state index contributed by atoms with van der Waals surface area (Å²) in [6, 6.07) is 3.46. The second-order valence-electron chi connectivity index (χ2n) is 4.16. The summed E-state index contributed by atoms with van der Waals surface area (Å²) < 4.78 is 5.48. The molecule has 1 rings (SSSR count). The normalized spacial score (nSPS) is 10.2. The van der Waals surface area contributed by atoms with Crippen LogP contribution >= 0.6 is 0 Å². The topological polar surface area (TPSA) is 39.2 Å². The van der Waals surface area contributed by atoms with Gasteiger partial charge in [0.15, 0.2) is 6.29 Å². The molecule has 1 aromatic rings. The number of hydrogen-bond acceptors (Lipinski definition) is 3. The summed E-state index contributed by atoms with van der Waals surface area (Å²) in [5.41, 5.74) is 0.580. The van der Waals surface area contributed by atoms with Crippen LogP contribution in [0.1, 0.15) is 55.8 Å². The van der Waals surface area contributed by atoms with E-state index >= 15 is 0 Å². The first kappa shape index (κ1) is 13.7. The number of carbonyl (C=O) groups is 1. The van der Waals surface area contributed by atoms with Gasteiger partial charge in [-0.2, -0.15) is 0 Å². The smallest absolute Gasteiger partial charge is 0.213 e. The maximum Gasteiger partial charge on any atom is 0.213 e. The third kappa shape index (κ3) is 6.05. The largest absolute Gasteiger partial charge is 0.478 e. The summed E-state index contributed by atoms with van der Waals surface area (Å²) in [6.07, 6.45) is 9.82. The van der Waals surface area contributed by atoms with Gasteiger partial charge in [-0.1, -0.05) is 39.0 Å². The zero-order valence-corrected chi connectivity index (χ0v) is 10.5. The zero-order valence-electron chi connectivity index (χ0n) is 10.5. The molecule has 0 spiro atoms. The van der Waals surface area contributed by atoms with Crippen molar-refractivity contribution < 1.29 is 9.53 Å². The van der Waals surface area contributed by atoms with E-state index in [2.05, 4.69) is 11.9 Å². The highest BCUT2D eigenvalue weighted by molar-refractivity contribution is 5.73. The molecule has 1 aromatic heterocycles. The molecule has 17 heavy (non-hydrogen) atoms. The summed E-state index contributed by atoms with van der Waals surface area (Å²) in [4.78, 5) is 14.5. The molecule has 0 saturated carbocycles. The molecule has 3 heteroatoms. The zero-order chi connectivity index (χ0) is 12.3. The Labute approximate surface area is 103 Å². The van der Waals surface area contributed by atoms with Gasteiger partial charge in [-0.3, -0.25) is 4.79 Å². The van der Waals surface area contributed by atoms with Gasteiger partial charge in [0, 0.05) is 17.8 Å². The van der Waals surface area contributed by atoms with Crippen LogP contribution < -0.4 is 4.74 Å². The van der Waals surface area contributed by atoms with Crippen molar-refractivity contribution in [3.63, 3.8) is 0 Å². The van der Waals surface area contributed by atoms with Crippen LogP contribution in [0.15, 0.2) is 18.3 Å². The minimum Gasteiger partial charge on any atom is -0.478 e. The third-order valence-corrected chi connectivity index (χ3v) is 2.64. The Morgan fingerprint density at radius 2 is 1.94 bits per heavy atom. The highest BCUT2D eigenvalue weighted by Crippen LogP contribution is 2.09. The van der Waals surface area contributed by atoms with Crippen LogP contribution in [0.2, 0.25) is 0 Å². The minimum absolute atomic E-state index is 0.580. The van der Waals surface area contributed by atoms with Crippen LogP contribution in [0.3, 0.4) is 0 Å². The van der Waals surface area contributed by atoms with Crippen molar-refractivity contribution in [3.8, 4) is 5.88 Å². The van der Waals surface area contributed by atoms with Gasteiger partial charge in [0.25, 0.3) is 0 Å². The van der Waals surface area contributed by atoms with Crippen molar-refractivity contribution in [3.05, 3.63) is 23.9 Å². The van der Waals surface area contributed by atoms with Gasteiger partial charge in [-0.25, -0.2) is 4.98 Å². The summed E-state index contributed by atoms with van der Waals surface area (Å²) in [6.45, 7) is 2.93. The maximum absolute atomic E-state index is 10.4. The second-order valence-corrected chi connectivity index (χ2v) is 4.16. The molecule has 0 saturated heterocycles. The lowest BCUT2D eigenvalue weighted by Crippen LogP contribution is -1.99. The molecule has 3 nitrogen and oxygen atoms in total. The number of carbonyl (C=O) groups excluding carboxylic acids is 1. The molecule has 0 aliphatic rings. The van der Waals surface area contributed by atoms with Gasteiger partial charge in [0.05, 0.1) is 6.61 Å². The fourth-order valence-electron chi connectivity index (χ4n) is 1.61. The van der Waals surface area contributed by atoms with Gasteiger partial charge in [0.1, 0.15) is 0 Å². The van der Waals surface area contributed by atoms with Crippen LogP contribution in [-0.4, -0.2) is 17.9 Å². The fourth-order valence-corrected chi connectivity index (χ4v) is 1.61. The van der Waals surface area contributed by atoms with E-state index in [0.29, 0.717) is 18.1 Å². The molecule has 0 radical (unpaired) electrons. The lowest BCUT2D eigenvalue weighted by atomic mass is 10.1. The van der Waals surface area contributed by atoms with Crippen molar-refractivity contribution in [2.45, 2.75) is 45.4 Å². The molecule has 0 amide bonds. The molecule has 0 aliphatic heterocycles. The number of hydrogen-bond donors (Lipinski definition) is 0. The third-order valence-electron chi connectivity index (χ3n) is 2.64. The van der Waals surface area contributed by atoms with E-state index in [4.69, 9.17) is 4.74 Å². The predicted molar refractivity (Wildman–Crippen MR) is 68.5 cm³/mol. The van der Waals surface area contributed by atoms with Crippen LogP contribution in [0.4, 0.5) is 0 Å². The Morgan fingerprint density at radius 1 is 1.18 bits per heavy atom. The van der Waals surface area contributed by atoms with Gasteiger partial charge >= 0.3 is 0 Å². The van der Waals surface area contributed by atoms with E-state index in [1.807, 2.05) is 0 Å². The minimum atomic E-state index is 0.580. The Hall–Kier alpha value is -1.38. The molecule has 0 bridgehead atoms. The van der Waals surface area contributed by atoms with Crippen molar-refractivity contribution in [2.24, 2.45) is 0 Å². The summed E-state index contributed by atoms with van der Waals surface area (Å²) >= 11 is 0. The van der Waals surface area contributed by atoms with E-state index in [9.17, 15) is 4.79 Å². The van der Waals surface area contributed by atoms with Gasteiger partial charge < -0.3 is 4.74 Å². The van der Waals surface area contributed by atoms with Crippen molar-refractivity contribution in [1.82, 2.24) is 4.98 Å². The van der Waals surface area contributed by atoms with E-state index in [0.717, 1.165) is 12.7 Å². The number of ether oxygens (including phenoxy) is 1. The maximum atomic E-state index is 10.4. The molecule has 0 fully saturated rings. The standard InChI is InChI=1S/C14H21NO2/c1-2-3-4-5-6-7-10-17-14-9-8-13(12-16)11-15-14/h8-9,11-12H,2-7,10H2,1H3. The average molecular weight is 235 g/mol. The molecule has 0 aliphatic carbocycles. The molecular weight excluding hydrogens is 214 g/mol. The monoisotopic (exact) mass is 235 g/mol. The van der Waals surface area contributed by atoms with Gasteiger partial charge in [0.2, 0.25) is 5.88 Å². The Balaban J connectivity index is 2.07. The van der Waals surface area contributed by atoms with E-state index in [1.54, 1.807) is 12.1 Å². The highest BCUT2D eigenvalue weighted by Gasteiger charge is 1.96. The van der Waals surface area contributed by atoms with E-state index < -0.39 is 0 Å². The van der Waals surface area contributed by atoms with Crippen LogP contribution in [0.5, 0.6) is 5.88 Å². The van der Waals surface area contributed by atoms with Crippen LogP contribution in [-0.2, 0) is 0 Å². The number of unbranched alkanes of at least 4 members (excludes halogenated alkanes) is 5. The van der Waals surface area contributed by atoms with E-state index in [1.165, 1.54) is 38.3 Å². The highest BCUT2D eigenvalue weighted by atomic mass is 16.5. The van der Waals surface area contributed by atoms with Gasteiger partial charge in [-0.05, 0) is 12.5 Å². The van der Waals surface area contributed by atoms with Crippen molar-refractivity contribution in [2.75, 3.05) is 6.61 Å². The van der Waals surface area contributed by atoms with Crippen LogP contribution in [0.25, 0.3) is 0 Å². The van der Waals surface area contributed by atoms with E-state index in [-0.39, 0.29) is 0 Å². The lowest BCUT2D eigenvalue weighted by molar-refractivity contribution is 0.112. The summed E-state index contributed by atoms with van der Waals surface area (Å²) in [5.74, 6) is 0.601. The first-order chi connectivity index (χ1) is 8.36. The molecule has 0 atom stereocenters. The average Bonchev–Trinajstić information content (AvgIpc) is 2.38. The first-order valence-corrected chi connectivity index (χ1v) is 6.41. The number of aldehydes is 1. The molecule has 1 heterocycles.